The zero-order valence-electron chi connectivity index (χ0n) is 14.2. The number of aliphatic hydroxyl groups is 2. The summed E-state index contributed by atoms with van der Waals surface area (Å²) in [5.41, 5.74) is 2.00. The van der Waals surface area contributed by atoms with Gasteiger partial charge in [0.05, 0.1) is 12.2 Å². The fourth-order valence-corrected chi connectivity index (χ4v) is 4.04. The van der Waals surface area contributed by atoms with E-state index in [0.717, 1.165) is 6.42 Å². The lowest BCUT2D eigenvalue weighted by atomic mass is 10.1. The molecular formula is C19H21N5O2. The van der Waals surface area contributed by atoms with Gasteiger partial charge >= 0.3 is 0 Å². The highest BCUT2D eigenvalue weighted by Gasteiger charge is 2.40. The van der Waals surface area contributed by atoms with Crippen LogP contribution in [0, 0.1) is 0 Å². The van der Waals surface area contributed by atoms with Crippen LogP contribution in [0.15, 0.2) is 42.7 Å². The molecule has 3 aromatic rings. The van der Waals surface area contributed by atoms with Gasteiger partial charge in [-0.2, -0.15) is 0 Å². The van der Waals surface area contributed by atoms with Gasteiger partial charge in [-0.15, -0.1) is 10.2 Å². The molecule has 26 heavy (non-hydrogen) atoms. The van der Waals surface area contributed by atoms with E-state index in [1.54, 1.807) is 6.20 Å². The maximum Gasteiger partial charge on any atom is 0.203 e. The Morgan fingerprint density at radius 2 is 1.88 bits per heavy atom. The topological polar surface area (TPSA) is 95.6 Å². The first-order valence-corrected chi connectivity index (χ1v) is 9.09. The molecule has 3 N–H and O–H groups in total. The minimum absolute atomic E-state index is 0.201. The lowest BCUT2D eigenvalue weighted by Gasteiger charge is -2.14. The zero-order valence-corrected chi connectivity index (χ0v) is 14.2. The number of aliphatic hydroxyl groups excluding tert-OH is 2. The Morgan fingerprint density at radius 3 is 2.65 bits per heavy atom. The molecule has 0 aliphatic heterocycles. The Morgan fingerprint density at radius 1 is 1.04 bits per heavy atom. The Kier molecular flexibility index (Phi) is 3.65. The van der Waals surface area contributed by atoms with Crippen LogP contribution in [0.5, 0.6) is 0 Å². The smallest absolute Gasteiger partial charge is 0.203 e. The molecule has 1 aromatic carbocycles. The van der Waals surface area contributed by atoms with Gasteiger partial charge < -0.3 is 15.5 Å². The first-order chi connectivity index (χ1) is 12.7. The summed E-state index contributed by atoms with van der Waals surface area (Å²) in [6, 6.07) is 10.8. The van der Waals surface area contributed by atoms with Gasteiger partial charge in [-0.1, -0.05) is 30.3 Å². The van der Waals surface area contributed by atoms with Crippen molar-refractivity contribution in [1.82, 2.24) is 19.6 Å². The highest BCUT2D eigenvalue weighted by atomic mass is 16.3. The van der Waals surface area contributed by atoms with Crippen LogP contribution in [0.4, 0.5) is 5.82 Å². The number of benzene rings is 1. The summed E-state index contributed by atoms with van der Waals surface area (Å²) in [4.78, 5) is 4.44. The first-order valence-electron chi connectivity index (χ1n) is 9.09. The van der Waals surface area contributed by atoms with E-state index in [9.17, 15) is 10.2 Å². The third-order valence-corrected chi connectivity index (χ3v) is 5.61. The van der Waals surface area contributed by atoms with Crippen LogP contribution in [-0.4, -0.2) is 48.0 Å². The summed E-state index contributed by atoms with van der Waals surface area (Å²) in [5, 5.41) is 32.1. The molecular weight excluding hydrogens is 330 g/mol. The van der Waals surface area contributed by atoms with E-state index in [1.807, 2.05) is 16.7 Å². The van der Waals surface area contributed by atoms with Crippen molar-refractivity contribution >= 4 is 11.5 Å². The van der Waals surface area contributed by atoms with Gasteiger partial charge in [0.15, 0.2) is 5.82 Å². The minimum atomic E-state index is -0.794. The second kappa shape index (κ2) is 6.03. The van der Waals surface area contributed by atoms with Crippen molar-refractivity contribution in [2.45, 2.75) is 49.3 Å². The van der Waals surface area contributed by atoms with Crippen molar-refractivity contribution in [3.8, 4) is 0 Å². The minimum Gasteiger partial charge on any atom is -0.390 e. The number of aromatic nitrogens is 4. The molecule has 0 spiro atoms. The Balaban J connectivity index is 1.40. The molecule has 5 atom stereocenters. The van der Waals surface area contributed by atoms with Crippen molar-refractivity contribution in [3.05, 3.63) is 54.1 Å². The van der Waals surface area contributed by atoms with E-state index in [-0.39, 0.29) is 5.92 Å². The predicted octanol–water partition coefficient (Wildman–Crippen LogP) is 1.69. The van der Waals surface area contributed by atoms with Gasteiger partial charge in [-0.25, -0.2) is 4.98 Å². The van der Waals surface area contributed by atoms with Crippen LogP contribution in [0.2, 0.25) is 0 Å². The van der Waals surface area contributed by atoms with Gasteiger partial charge in [-0.3, -0.25) is 4.40 Å². The second-order valence-electron chi connectivity index (χ2n) is 7.27. The van der Waals surface area contributed by atoms with Crippen LogP contribution in [0.25, 0.3) is 5.65 Å². The monoisotopic (exact) mass is 351 g/mol. The fraction of sp³-hybridized carbons (Fsp3) is 0.421. The van der Waals surface area contributed by atoms with E-state index in [0.29, 0.717) is 42.1 Å². The number of fused-ring (bicyclic) bond motifs is 1. The summed E-state index contributed by atoms with van der Waals surface area (Å²) >= 11 is 0. The second-order valence-corrected chi connectivity index (χ2v) is 7.27. The van der Waals surface area contributed by atoms with Crippen molar-refractivity contribution < 1.29 is 10.2 Å². The number of hydrogen-bond donors (Lipinski definition) is 3. The molecule has 7 heteroatoms. The number of anilines is 1. The molecule has 2 saturated carbocycles. The van der Waals surface area contributed by atoms with E-state index >= 15 is 0 Å². The third-order valence-electron chi connectivity index (χ3n) is 5.61. The average molecular weight is 351 g/mol. The molecule has 2 fully saturated rings. The normalized spacial score (nSPS) is 30.6. The summed E-state index contributed by atoms with van der Waals surface area (Å²) in [5.74, 6) is 1.69. The number of hydrogen-bond acceptors (Lipinski definition) is 6. The molecule has 5 rings (SSSR count). The van der Waals surface area contributed by atoms with Gasteiger partial charge in [-0.05, 0) is 24.8 Å². The molecule has 2 heterocycles. The quantitative estimate of drug-likeness (QED) is 0.662. The largest absolute Gasteiger partial charge is 0.390 e. The van der Waals surface area contributed by atoms with E-state index in [4.69, 9.17) is 0 Å². The first kappa shape index (κ1) is 15.7. The Bertz CT molecular complexity index is 928. The molecule has 0 unspecified atom stereocenters. The number of nitrogens with zero attached hydrogens (tertiary/aromatic N) is 4. The van der Waals surface area contributed by atoms with Crippen LogP contribution in [0.3, 0.4) is 0 Å². The molecule has 0 radical (unpaired) electrons. The molecule has 7 nitrogen and oxygen atoms in total. The molecule has 2 aliphatic carbocycles. The van der Waals surface area contributed by atoms with E-state index < -0.39 is 12.2 Å². The maximum absolute atomic E-state index is 10.2. The van der Waals surface area contributed by atoms with Crippen molar-refractivity contribution in [2.75, 3.05) is 5.32 Å². The van der Waals surface area contributed by atoms with Gasteiger partial charge in [0.1, 0.15) is 5.82 Å². The molecule has 0 saturated heterocycles. The lowest BCUT2D eigenvalue weighted by Crippen LogP contribution is -2.24. The van der Waals surface area contributed by atoms with E-state index in [2.05, 4.69) is 44.8 Å². The standard InChI is InChI=1S/C19H21N5O2/c25-15-7-6-12(16(15)26)18-22-23-19-17(20-8-9-24(18)19)21-14-10-13(14)11-4-2-1-3-5-11/h1-5,8-9,12-16,25-26H,6-7,10H2,(H,20,21)/t12-,13-,14+,15-,16+/m1/s1. The van der Waals surface area contributed by atoms with Crippen LogP contribution in [-0.2, 0) is 0 Å². The highest BCUT2D eigenvalue weighted by Crippen LogP contribution is 2.43. The number of rotatable bonds is 4. The van der Waals surface area contributed by atoms with Crippen LogP contribution >= 0.6 is 0 Å². The van der Waals surface area contributed by atoms with Crippen LogP contribution in [0.1, 0.15) is 42.5 Å². The van der Waals surface area contributed by atoms with Crippen molar-refractivity contribution in [1.29, 1.82) is 0 Å². The summed E-state index contributed by atoms with van der Waals surface area (Å²) in [6.45, 7) is 0. The summed E-state index contributed by atoms with van der Waals surface area (Å²) < 4.78 is 1.88. The van der Waals surface area contributed by atoms with Crippen molar-refractivity contribution in [3.63, 3.8) is 0 Å². The average Bonchev–Trinajstić information content (AvgIpc) is 3.18. The predicted molar refractivity (Wildman–Crippen MR) is 96.0 cm³/mol. The van der Waals surface area contributed by atoms with Gasteiger partial charge in [0, 0.05) is 30.3 Å². The van der Waals surface area contributed by atoms with Gasteiger partial charge in [0.25, 0.3) is 0 Å². The molecule has 134 valence electrons. The van der Waals surface area contributed by atoms with Crippen LogP contribution < -0.4 is 5.32 Å². The summed E-state index contributed by atoms with van der Waals surface area (Å²) in [7, 11) is 0. The van der Waals surface area contributed by atoms with Crippen molar-refractivity contribution in [2.24, 2.45) is 0 Å². The highest BCUT2D eigenvalue weighted by molar-refractivity contribution is 5.63. The molecule has 0 amide bonds. The van der Waals surface area contributed by atoms with Gasteiger partial charge in [0.2, 0.25) is 5.65 Å². The molecule has 0 bridgehead atoms. The summed E-state index contributed by atoms with van der Waals surface area (Å²) in [6.07, 6.45) is 4.41. The lowest BCUT2D eigenvalue weighted by molar-refractivity contribution is 0.0338. The molecule has 2 aromatic heterocycles. The Hall–Kier alpha value is -2.51. The third kappa shape index (κ3) is 2.55. The maximum atomic E-state index is 10.2. The number of nitrogens with one attached hydrogen (secondary N) is 1. The zero-order chi connectivity index (χ0) is 17.7. The SMILES string of the molecule is O[C@@H]1[C@H](O)CC[C@H]1c1nnc2c(N[C@H]3C[C@@H]3c3ccccc3)nccn12. The Labute approximate surface area is 150 Å². The fourth-order valence-electron chi connectivity index (χ4n) is 4.04. The van der Waals surface area contributed by atoms with E-state index in [1.165, 1.54) is 5.56 Å². The molecule has 2 aliphatic rings.